The fourth-order valence-electron chi connectivity index (χ4n) is 1.19. The fourth-order valence-corrected chi connectivity index (χ4v) is 1.19. The van der Waals surface area contributed by atoms with Crippen LogP contribution in [-0.4, -0.2) is 18.2 Å². The van der Waals surface area contributed by atoms with Gasteiger partial charge < -0.3 is 9.84 Å². The van der Waals surface area contributed by atoms with E-state index in [1.165, 1.54) is 7.11 Å². The van der Waals surface area contributed by atoms with Gasteiger partial charge in [-0.15, -0.1) is 0 Å². The van der Waals surface area contributed by atoms with E-state index >= 15 is 0 Å². The van der Waals surface area contributed by atoms with Crippen LogP contribution in [0.4, 0.5) is 0 Å². The minimum Gasteiger partial charge on any atom is -0.496 e. The molecular formula is C11H12O3. The number of carboxylic acid groups (broad SMARTS) is 1. The van der Waals surface area contributed by atoms with E-state index in [0.29, 0.717) is 5.75 Å². The highest BCUT2D eigenvalue weighted by atomic mass is 16.5. The lowest BCUT2D eigenvalue weighted by atomic mass is 10.1. The molecule has 0 saturated heterocycles. The van der Waals surface area contributed by atoms with Gasteiger partial charge in [0, 0.05) is 0 Å². The van der Waals surface area contributed by atoms with Gasteiger partial charge in [-0.25, -0.2) is 4.79 Å². The van der Waals surface area contributed by atoms with Crippen molar-refractivity contribution in [1.82, 2.24) is 0 Å². The molecule has 14 heavy (non-hydrogen) atoms. The first-order chi connectivity index (χ1) is 6.69. The van der Waals surface area contributed by atoms with Crippen LogP contribution in [0.2, 0.25) is 0 Å². The van der Waals surface area contributed by atoms with Crippen molar-refractivity contribution in [3.05, 3.63) is 35.4 Å². The van der Waals surface area contributed by atoms with E-state index in [1.54, 1.807) is 12.1 Å². The van der Waals surface area contributed by atoms with Crippen molar-refractivity contribution in [2.24, 2.45) is 0 Å². The van der Waals surface area contributed by atoms with Crippen molar-refractivity contribution in [2.45, 2.75) is 6.92 Å². The molecule has 0 amide bonds. The number of rotatable bonds is 3. The standard InChI is InChI=1S/C11H12O3/c1-3-4-8-5-6-10(14-2)9(7-8)11(12)13/h3-7H,1-2H3,(H,12,13)/b4-3+. The number of allylic oxidation sites excluding steroid dienone is 1. The quantitative estimate of drug-likeness (QED) is 0.800. The maximum absolute atomic E-state index is 10.8. The molecule has 0 bridgehead atoms. The molecule has 0 atom stereocenters. The summed E-state index contributed by atoms with van der Waals surface area (Å²) in [6, 6.07) is 5.05. The van der Waals surface area contributed by atoms with Gasteiger partial charge in [0.25, 0.3) is 0 Å². The Morgan fingerprint density at radius 3 is 2.71 bits per heavy atom. The Morgan fingerprint density at radius 1 is 1.50 bits per heavy atom. The molecule has 1 N–H and O–H groups in total. The van der Waals surface area contributed by atoms with Gasteiger partial charge in [-0.3, -0.25) is 0 Å². The van der Waals surface area contributed by atoms with E-state index in [9.17, 15) is 4.79 Å². The third-order valence-corrected chi connectivity index (χ3v) is 1.81. The monoisotopic (exact) mass is 192 g/mol. The molecule has 0 heterocycles. The van der Waals surface area contributed by atoms with Gasteiger partial charge in [0.15, 0.2) is 0 Å². The lowest BCUT2D eigenvalue weighted by molar-refractivity contribution is 0.0693. The summed E-state index contributed by atoms with van der Waals surface area (Å²) in [6.07, 6.45) is 3.69. The van der Waals surface area contributed by atoms with Crippen LogP contribution in [0.15, 0.2) is 24.3 Å². The number of aromatic carboxylic acids is 1. The largest absolute Gasteiger partial charge is 0.496 e. The second kappa shape index (κ2) is 4.46. The highest BCUT2D eigenvalue weighted by Crippen LogP contribution is 2.20. The van der Waals surface area contributed by atoms with Crippen LogP contribution in [0.3, 0.4) is 0 Å². The number of ether oxygens (including phenoxy) is 1. The molecule has 0 aliphatic carbocycles. The molecule has 0 aliphatic heterocycles. The number of hydrogen-bond donors (Lipinski definition) is 1. The van der Waals surface area contributed by atoms with Gasteiger partial charge in [0.05, 0.1) is 7.11 Å². The van der Waals surface area contributed by atoms with Crippen molar-refractivity contribution in [1.29, 1.82) is 0 Å². The topological polar surface area (TPSA) is 46.5 Å². The summed E-state index contributed by atoms with van der Waals surface area (Å²) in [6.45, 7) is 1.88. The first kappa shape index (κ1) is 10.3. The maximum atomic E-state index is 10.8. The second-order valence-corrected chi connectivity index (χ2v) is 2.76. The molecule has 0 radical (unpaired) electrons. The van der Waals surface area contributed by atoms with Gasteiger partial charge in [-0.05, 0) is 24.6 Å². The van der Waals surface area contributed by atoms with E-state index < -0.39 is 5.97 Å². The van der Waals surface area contributed by atoms with E-state index in [0.717, 1.165) is 5.56 Å². The Hall–Kier alpha value is -1.77. The zero-order valence-corrected chi connectivity index (χ0v) is 8.15. The fraction of sp³-hybridized carbons (Fsp3) is 0.182. The van der Waals surface area contributed by atoms with Gasteiger partial charge in [-0.1, -0.05) is 18.2 Å². The third kappa shape index (κ3) is 2.13. The predicted octanol–water partition coefficient (Wildman–Crippen LogP) is 2.43. The van der Waals surface area contributed by atoms with E-state index in [-0.39, 0.29) is 5.56 Å². The Balaban J connectivity index is 3.20. The first-order valence-corrected chi connectivity index (χ1v) is 4.23. The molecule has 3 nitrogen and oxygen atoms in total. The number of carbonyl (C=O) groups is 1. The van der Waals surface area contributed by atoms with E-state index in [1.807, 2.05) is 25.1 Å². The van der Waals surface area contributed by atoms with Gasteiger partial charge in [0.1, 0.15) is 11.3 Å². The summed E-state index contributed by atoms with van der Waals surface area (Å²) in [4.78, 5) is 10.8. The summed E-state index contributed by atoms with van der Waals surface area (Å²) in [5.74, 6) is -0.598. The molecule has 74 valence electrons. The van der Waals surface area contributed by atoms with Crippen molar-refractivity contribution >= 4 is 12.0 Å². The number of carboxylic acids is 1. The molecule has 3 heteroatoms. The highest BCUT2D eigenvalue weighted by molar-refractivity contribution is 5.91. The minimum absolute atomic E-state index is 0.183. The SMILES string of the molecule is C/C=C/c1ccc(OC)c(C(=O)O)c1. The minimum atomic E-state index is -0.979. The molecular weight excluding hydrogens is 180 g/mol. The summed E-state index contributed by atoms with van der Waals surface area (Å²) in [5.41, 5.74) is 1.04. The summed E-state index contributed by atoms with van der Waals surface area (Å²) >= 11 is 0. The van der Waals surface area contributed by atoms with Gasteiger partial charge in [0.2, 0.25) is 0 Å². The van der Waals surface area contributed by atoms with E-state index in [2.05, 4.69) is 0 Å². The number of benzene rings is 1. The average Bonchev–Trinajstić information content (AvgIpc) is 2.18. The van der Waals surface area contributed by atoms with Crippen molar-refractivity contribution in [2.75, 3.05) is 7.11 Å². The molecule has 1 rings (SSSR count). The number of methoxy groups -OCH3 is 1. The Morgan fingerprint density at radius 2 is 2.21 bits per heavy atom. The van der Waals surface area contributed by atoms with Crippen LogP contribution >= 0.6 is 0 Å². The molecule has 1 aromatic rings. The Kier molecular flexibility index (Phi) is 3.29. The zero-order chi connectivity index (χ0) is 10.6. The Labute approximate surface area is 82.6 Å². The molecule has 1 aromatic carbocycles. The van der Waals surface area contributed by atoms with E-state index in [4.69, 9.17) is 9.84 Å². The van der Waals surface area contributed by atoms with Crippen molar-refractivity contribution < 1.29 is 14.6 Å². The predicted molar refractivity (Wildman–Crippen MR) is 54.7 cm³/mol. The summed E-state index contributed by atoms with van der Waals surface area (Å²) in [5, 5.41) is 8.89. The van der Waals surface area contributed by atoms with Crippen LogP contribution in [0.5, 0.6) is 5.75 Å². The van der Waals surface area contributed by atoms with Crippen molar-refractivity contribution in [3.8, 4) is 5.75 Å². The smallest absolute Gasteiger partial charge is 0.339 e. The van der Waals surface area contributed by atoms with Crippen LogP contribution in [0, 0.1) is 0 Å². The molecule has 0 spiro atoms. The van der Waals surface area contributed by atoms with Crippen LogP contribution < -0.4 is 4.74 Å². The lowest BCUT2D eigenvalue weighted by Gasteiger charge is -2.05. The number of hydrogen-bond acceptors (Lipinski definition) is 2. The molecule has 0 fully saturated rings. The maximum Gasteiger partial charge on any atom is 0.339 e. The summed E-state index contributed by atoms with van der Waals surface area (Å²) in [7, 11) is 1.46. The lowest BCUT2D eigenvalue weighted by Crippen LogP contribution is -2.00. The third-order valence-electron chi connectivity index (χ3n) is 1.81. The van der Waals surface area contributed by atoms with Gasteiger partial charge >= 0.3 is 5.97 Å². The molecule has 0 saturated carbocycles. The first-order valence-electron chi connectivity index (χ1n) is 4.23. The zero-order valence-electron chi connectivity index (χ0n) is 8.15. The molecule has 0 aromatic heterocycles. The highest BCUT2D eigenvalue weighted by Gasteiger charge is 2.10. The van der Waals surface area contributed by atoms with Crippen LogP contribution in [-0.2, 0) is 0 Å². The molecule has 0 aliphatic rings. The van der Waals surface area contributed by atoms with Crippen LogP contribution in [0.25, 0.3) is 6.08 Å². The van der Waals surface area contributed by atoms with Crippen LogP contribution in [0.1, 0.15) is 22.8 Å². The normalized spacial score (nSPS) is 10.4. The molecule has 0 unspecified atom stereocenters. The van der Waals surface area contributed by atoms with Crippen molar-refractivity contribution in [3.63, 3.8) is 0 Å². The average molecular weight is 192 g/mol. The second-order valence-electron chi connectivity index (χ2n) is 2.76. The summed E-state index contributed by atoms with van der Waals surface area (Å²) < 4.78 is 4.93. The Bertz CT molecular complexity index is 367. The van der Waals surface area contributed by atoms with Gasteiger partial charge in [-0.2, -0.15) is 0 Å².